The number of H-pyrrole nitrogens is 1. The second-order valence-corrected chi connectivity index (χ2v) is 7.75. The Kier molecular flexibility index (Phi) is 5.66. The van der Waals surface area contributed by atoms with Crippen LogP contribution in [0.4, 0.5) is 0 Å². The Balaban J connectivity index is 2.30. The molecule has 2 atom stereocenters. The van der Waals surface area contributed by atoms with Gasteiger partial charge < -0.3 is 5.11 Å². The van der Waals surface area contributed by atoms with Crippen molar-refractivity contribution in [3.63, 3.8) is 0 Å². The smallest absolute Gasteiger partial charge is 0.307 e. The van der Waals surface area contributed by atoms with Crippen LogP contribution >= 0.6 is 0 Å². The third-order valence-corrected chi connectivity index (χ3v) is 5.03. The zero-order valence-electron chi connectivity index (χ0n) is 13.5. The molecule has 0 amide bonds. The van der Waals surface area contributed by atoms with Crippen LogP contribution in [0.15, 0.2) is 29.2 Å². The minimum Gasteiger partial charge on any atom is -0.481 e. The molecule has 0 aliphatic rings. The molecule has 1 aromatic carbocycles. The fourth-order valence-electron chi connectivity index (χ4n) is 2.67. The van der Waals surface area contributed by atoms with Gasteiger partial charge in [-0.15, -0.1) is 10.2 Å². The maximum atomic E-state index is 11.6. The number of hydrogen-bond acceptors (Lipinski definition) is 6. The van der Waals surface area contributed by atoms with Gasteiger partial charge in [-0.25, -0.2) is 8.42 Å². The zero-order valence-corrected chi connectivity index (χ0v) is 14.3. The van der Waals surface area contributed by atoms with Crippen LogP contribution in [0.1, 0.15) is 37.1 Å². The number of carboxylic acids is 1. The standard InChI is InChI=1S/C15H20N4O4S/c1-3-4-12(15(20)21)13(14-16-18-19-17-14)9-10-5-7-11(8-6-10)24(2,22)23/h5-8,12-13H,3-4,9H2,1-2H3,(H,20,21)(H,16,17,18,19)/t12?,13-/m0/s1. The maximum Gasteiger partial charge on any atom is 0.307 e. The highest BCUT2D eigenvalue weighted by Crippen LogP contribution is 2.30. The van der Waals surface area contributed by atoms with Crippen molar-refractivity contribution in [2.45, 2.75) is 37.0 Å². The maximum absolute atomic E-state index is 11.6. The SMILES string of the molecule is CCCC(C(=O)O)[C@H](Cc1ccc(S(C)(=O)=O)cc1)c1nn[nH]n1. The minimum absolute atomic E-state index is 0.228. The number of nitrogens with one attached hydrogen (secondary N) is 1. The molecule has 1 heterocycles. The van der Waals surface area contributed by atoms with E-state index in [1.54, 1.807) is 12.1 Å². The van der Waals surface area contributed by atoms with Crippen LogP contribution in [-0.2, 0) is 21.1 Å². The van der Waals surface area contributed by atoms with E-state index in [2.05, 4.69) is 20.6 Å². The van der Waals surface area contributed by atoms with Crippen LogP contribution in [-0.4, -0.2) is 46.4 Å². The third kappa shape index (κ3) is 4.38. The van der Waals surface area contributed by atoms with Gasteiger partial charge in [0, 0.05) is 12.2 Å². The number of nitrogens with zero attached hydrogens (tertiary/aromatic N) is 3. The van der Waals surface area contributed by atoms with Crippen molar-refractivity contribution in [2.75, 3.05) is 6.26 Å². The Morgan fingerprint density at radius 1 is 1.29 bits per heavy atom. The quantitative estimate of drug-likeness (QED) is 0.736. The molecule has 2 N–H and O–H groups in total. The molecule has 130 valence electrons. The number of sulfone groups is 1. The molecule has 0 aliphatic carbocycles. The largest absolute Gasteiger partial charge is 0.481 e. The molecule has 0 fully saturated rings. The molecule has 0 bridgehead atoms. The first-order chi connectivity index (χ1) is 11.3. The normalized spacial score (nSPS) is 14.2. The summed E-state index contributed by atoms with van der Waals surface area (Å²) >= 11 is 0. The number of tetrazole rings is 1. The summed E-state index contributed by atoms with van der Waals surface area (Å²) in [4.78, 5) is 11.9. The van der Waals surface area contributed by atoms with E-state index >= 15 is 0 Å². The molecule has 1 unspecified atom stereocenters. The van der Waals surface area contributed by atoms with Gasteiger partial charge in [-0.2, -0.15) is 5.21 Å². The van der Waals surface area contributed by atoms with E-state index in [0.29, 0.717) is 18.7 Å². The fraction of sp³-hybridized carbons (Fsp3) is 0.467. The van der Waals surface area contributed by atoms with Gasteiger partial charge in [0.05, 0.1) is 10.8 Å². The van der Waals surface area contributed by atoms with Crippen molar-refractivity contribution in [1.29, 1.82) is 0 Å². The van der Waals surface area contributed by atoms with Crippen LogP contribution in [0.25, 0.3) is 0 Å². The van der Waals surface area contributed by atoms with E-state index in [1.807, 2.05) is 6.92 Å². The van der Waals surface area contributed by atoms with Crippen LogP contribution < -0.4 is 0 Å². The number of aromatic amines is 1. The molecule has 0 spiro atoms. The van der Waals surface area contributed by atoms with E-state index in [4.69, 9.17) is 0 Å². The lowest BCUT2D eigenvalue weighted by Crippen LogP contribution is -2.25. The number of aliphatic carboxylic acids is 1. The first kappa shape index (κ1) is 18.1. The first-order valence-corrected chi connectivity index (χ1v) is 9.47. The Bertz CT molecular complexity index is 772. The average Bonchev–Trinajstić information content (AvgIpc) is 3.04. The summed E-state index contributed by atoms with van der Waals surface area (Å²) < 4.78 is 23.1. The lowest BCUT2D eigenvalue weighted by Gasteiger charge is -2.21. The summed E-state index contributed by atoms with van der Waals surface area (Å²) in [5.74, 6) is -1.63. The van der Waals surface area contributed by atoms with Gasteiger partial charge in [-0.3, -0.25) is 4.79 Å². The third-order valence-electron chi connectivity index (χ3n) is 3.90. The van der Waals surface area contributed by atoms with Crippen molar-refractivity contribution in [1.82, 2.24) is 20.6 Å². The summed E-state index contributed by atoms with van der Waals surface area (Å²) in [6.45, 7) is 1.92. The Hall–Kier alpha value is -2.29. The Labute approximate surface area is 140 Å². The molecule has 0 aliphatic heterocycles. The number of carbonyl (C=O) groups is 1. The van der Waals surface area contributed by atoms with Crippen LogP contribution in [0.3, 0.4) is 0 Å². The number of rotatable bonds is 8. The van der Waals surface area contributed by atoms with E-state index in [1.165, 1.54) is 12.1 Å². The molecule has 0 radical (unpaired) electrons. The van der Waals surface area contributed by atoms with Gasteiger partial charge in [0.2, 0.25) is 0 Å². The zero-order chi connectivity index (χ0) is 17.7. The van der Waals surface area contributed by atoms with E-state index < -0.39 is 27.6 Å². The van der Waals surface area contributed by atoms with E-state index in [9.17, 15) is 18.3 Å². The predicted octanol–water partition coefficient (Wildman–Crippen LogP) is 1.43. The summed E-state index contributed by atoms with van der Waals surface area (Å²) in [6, 6.07) is 6.42. The molecule has 0 saturated heterocycles. The molecule has 2 rings (SSSR count). The van der Waals surface area contributed by atoms with Gasteiger partial charge >= 0.3 is 5.97 Å². The first-order valence-electron chi connectivity index (χ1n) is 7.58. The van der Waals surface area contributed by atoms with E-state index in [-0.39, 0.29) is 4.90 Å². The molecule has 0 saturated carbocycles. The van der Waals surface area contributed by atoms with Crippen molar-refractivity contribution >= 4 is 15.8 Å². The number of aromatic nitrogens is 4. The van der Waals surface area contributed by atoms with Crippen molar-refractivity contribution < 1.29 is 18.3 Å². The molecule has 24 heavy (non-hydrogen) atoms. The molecule has 2 aromatic rings. The minimum atomic E-state index is -3.26. The van der Waals surface area contributed by atoms with Crippen molar-refractivity contribution in [3.8, 4) is 0 Å². The lowest BCUT2D eigenvalue weighted by molar-refractivity contribution is -0.142. The van der Waals surface area contributed by atoms with E-state index in [0.717, 1.165) is 18.2 Å². The Morgan fingerprint density at radius 3 is 2.42 bits per heavy atom. The molecule has 8 nitrogen and oxygen atoms in total. The van der Waals surface area contributed by atoms with Crippen LogP contribution in [0.2, 0.25) is 0 Å². The van der Waals surface area contributed by atoms with Crippen molar-refractivity contribution in [2.24, 2.45) is 5.92 Å². The summed E-state index contributed by atoms with van der Waals surface area (Å²) in [6.07, 6.45) is 2.75. The topological polar surface area (TPSA) is 126 Å². The van der Waals surface area contributed by atoms with Gasteiger partial charge in [0.25, 0.3) is 0 Å². The highest BCUT2D eigenvalue weighted by atomic mass is 32.2. The van der Waals surface area contributed by atoms with Crippen molar-refractivity contribution in [3.05, 3.63) is 35.7 Å². The number of carboxylic acid groups (broad SMARTS) is 1. The van der Waals surface area contributed by atoms with Gasteiger partial charge in [-0.05, 0) is 30.5 Å². The predicted molar refractivity (Wildman–Crippen MR) is 86.2 cm³/mol. The highest BCUT2D eigenvalue weighted by molar-refractivity contribution is 7.90. The van der Waals surface area contributed by atoms with Crippen LogP contribution in [0, 0.1) is 5.92 Å². The van der Waals surface area contributed by atoms with Gasteiger partial charge in [0.1, 0.15) is 0 Å². The summed E-state index contributed by atoms with van der Waals surface area (Å²) in [5, 5.41) is 23.3. The monoisotopic (exact) mass is 352 g/mol. The highest BCUT2D eigenvalue weighted by Gasteiger charge is 2.32. The number of benzene rings is 1. The molecular weight excluding hydrogens is 332 g/mol. The summed E-state index contributed by atoms with van der Waals surface area (Å²) in [7, 11) is -3.26. The second-order valence-electron chi connectivity index (χ2n) is 5.73. The molecular formula is C15H20N4O4S. The molecule has 9 heteroatoms. The number of hydrogen-bond donors (Lipinski definition) is 2. The van der Waals surface area contributed by atoms with Gasteiger partial charge in [-0.1, -0.05) is 30.7 Å². The Morgan fingerprint density at radius 2 is 1.96 bits per heavy atom. The molecule has 1 aromatic heterocycles. The fourth-order valence-corrected chi connectivity index (χ4v) is 3.31. The summed E-state index contributed by atoms with van der Waals surface area (Å²) in [5.41, 5.74) is 0.819. The van der Waals surface area contributed by atoms with Gasteiger partial charge in [0.15, 0.2) is 15.7 Å². The second kappa shape index (κ2) is 7.52. The van der Waals surface area contributed by atoms with Crippen LogP contribution in [0.5, 0.6) is 0 Å². The lowest BCUT2D eigenvalue weighted by atomic mass is 9.83. The average molecular weight is 352 g/mol.